The van der Waals surface area contributed by atoms with Gasteiger partial charge in [-0.2, -0.15) is 0 Å². The molecule has 0 aliphatic heterocycles. The Morgan fingerprint density at radius 3 is 2.29 bits per heavy atom. The molecule has 0 radical (unpaired) electrons. The summed E-state index contributed by atoms with van der Waals surface area (Å²) in [5.74, 6) is 1.63. The molecule has 0 atom stereocenters. The number of carbonyl (C=O) groups is 1. The molecule has 2 saturated carbocycles. The summed E-state index contributed by atoms with van der Waals surface area (Å²) in [5, 5.41) is 3.20. The normalized spacial score (nSPS) is 19.6. The van der Waals surface area contributed by atoms with E-state index in [1.165, 1.54) is 10.6 Å². The molecule has 3 aromatic rings. The molecular weight excluding hydrogens is 552 g/mol. The maximum Gasteiger partial charge on any atom is 0.254 e. The smallest absolute Gasteiger partial charge is 0.254 e. The number of sulfone groups is 1. The maximum absolute atomic E-state index is 12.9. The van der Waals surface area contributed by atoms with Crippen LogP contribution in [0.3, 0.4) is 0 Å². The number of hydrogen-bond donors (Lipinski definition) is 1. The molecule has 0 spiro atoms. The summed E-state index contributed by atoms with van der Waals surface area (Å²) in [5.41, 5.74) is 2.55. The van der Waals surface area contributed by atoms with Gasteiger partial charge in [-0.25, -0.2) is 8.42 Å². The standard InChI is InChI=1S/C33H40N2O6S/c1-6-42(38,39)25-14-15-28(41-31-21(2)8-7-9-22(31)3)26(18-25)27-20-35(5)30(36)19-29(27)40-24-12-10-23(11-13-24)34-32(37)33(4)16-17-33/h7-9,14-15,18-20,23-24H,6,10-13,16-17H2,1-5H3,(H,34,37). The number of benzene rings is 2. The highest BCUT2D eigenvalue weighted by Gasteiger charge is 2.45. The molecule has 2 aliphatic rings. The number of nitrogens with one attached hydrogen (secondary N) is 1. The summed E-state index contributed by atoms with van der Waals surface area (Å²) in [6.07, 6.45) is 6.45. The molecule has 42 heavy (non-hydrogen) atoms. The first-order chi connectivity index (χ1) is 19.9. The summed E-state index contributed by atoms with van der Waals surface area (Å²) in [4.78, 5) is 25.5. The Hall–Kier alpha value is -3.59. The van der Waals surface area contributed by atoms with E-state index in [9.17, 15) is 18.0 Å². The summed E-state index contributed by atoms with van der Waals surface area (Å²) in [7, 11) is -1.86. The highest BCUT2D eigenvalue weighted by molar-refractivity contribution is 7.91. The first kappa shape index (κ1) is 29.9. The van der Waals surface area contributed by atoms with Crippen molar-refractivity contribution in [3.63, 3.8) is 0 Å². The van der Waals surface area contributed by atoms with E-state index in [0.29, 0.717) is 28.4 Å². The number of rotatable bonds is 9. The summed E-state index contributed by atoms with van der Waals surface area (Å²) < 4.78 is 40.2. The van der Waals surface area contributed by atoms with E-state index in [1.54, 1.807) is 38.4 Å². The van der Waals surface area contributed by atoms with Gasteiger partial charge >= 0.3 is 0 Å². The van der Waals surface area contributed by atoms with Crippen LogP contribution in [-0.4, -0.2) is 36.8 Å². The molecule has 5 rings (SSSR count). The second-order valence-electron chi connectivity index (χ2n) is 12.0. The molecule has 1 aromatic heterocycles. The number of amides is 1. The van der Waals surface area contributed by atoms with Crippen molar-refractivity contribution in [3.8, 4) is 28.4 Å². The number of ether oxygens (including phenoxy) is 2. The summed E-state index contributed by atoms with van der Waals surface area (Å²) in [6, 6.07) is 12.3. The Bertz CT molecular complexity index is 1640. The SMILES string of the molecule is CCS(=O)(=O)c1ccc(Oc2c(C)cccc2C)c(-c2cn(C)c(=O)cc2OC2CCC(NC(=O)C3(C)CC3)CC2)c1. The molecule has 1 heterocycles. The van der Waals surface area contributed by atoms with E-state index < -0.39 is 9.84 Å². The molecule has 1 N–H and O–H groups in total. The quantitative estimate of drug-likeness (QED) is 0.334. The van der Waals surface area contributed by atoms with Gasteiger partial charge in [-0.1, -0.05) is 32.0 Å². The zero-order valence-electron chi connectivity index (χ0n) is 25.0. The predicted octanol–water partition coefficient (Wildman–Crippen LogP) is 5.86. The van der Waals surface area contributed by atoms with E-state index >= 15 is 0 Å². The van der Waals surface area contributed by atoms with Gasteiger partial charge in [0.1, 0.15) is 17.2 Å². The first-order valence-corrected chi connectivity index (χ1v) is 16.3. The van der Waals surface area contributed by atoms with Gasteiger partial charge in [0.2, 0.25) is 5.91 Å². The Kier molecular flexibility index (Phi) is 8.25. The van der Waals surface area contributed by atoms with Crippen LogP contribution < -0.4 is 20.3 Å². The summed E-state index contributed by atoms with van der Waals surface area (Å²) in [6.45, 7) is 7.54. The fourth-order valence-corrected chi connectivity index (χ4v) is 6.34. The molecule has 2 aliphatic carbocycles. The third-order valence-corrected chi connectivity index (χ3v) is 10.4. The second-order valence-corrected chi connectivity index (χ2v) is 14.3. The molecule has 224 valence electrons. The molecule has 2 fully saturated rings. The van der Waals surface area contributed by atoms with Crippen molar-refractivity contribution in [3.05, 3.63) is 70.1 Å². The molecule has 0 unspecified atom stereocenters. The van der Waals surface area contributed by atoms with Crippen LogP contribution in [0.1, 0.15) is 63.5 Å². The lowest BCUT2D eigenvalue weighted by molar-refractivity contribution is -0.126. The van der Waals surface area contributed by atoms with Crippen molar-refractivity contribution in [2.45, 2.75) is 83.3 Å². The number of aryl methyl sites for hydroxylation is 3. The van der Waals surface area contributed by atoms with Crippen LogP contribution in [0, 0.1) is 19.3 Å². The maximum atomic E-state index is 12.9. The molecule has 1 amide bonds. The third kappa shape index (κ3) is 6.26. The third-order valence-electron chi connectivity index (χ3n) is 8.64. The molecule has 8 nitrogen and oxygen atoms in total. The molecule has 9 heteroatoms. The second kappa shape index (κ2) is 11.6. The number of para-hydroxylation sites is 1. The number of pyridine rings is 1. The number of aromatic nitrogens is 1. The van der Waals surface area contributed by atoms with Gasteiger partial charge in [-0.15, -0.1) is 0 Å². The number of carbonyl (C=O) groups excluding carboxylic acids is 1. The molecular formula is C33H40N2O6S. The fraction of sp³-hybridized carbons (Fsp3) is 0.455. The zero-order valence-corrected chi connectivity index (χ0v) is 25.8. The van der Waals surface area contributed by atoms with Crippen LogP contribution in [0.5, 0.6) is 17.2 Å². The molecule has 0 saturated heterocycles. The average molecular weight is 593 g/mol. The van der Waals surface area contributed by atoms with E-state index in [4.69, 9.17) is 9.47 Å². The van der Waals surface area contributed by atoms with E-state index in [1.807, 2.05) is 39.0 Å². The van der Waals surface area contributed by atoms with Gasteiger partial charge in [0.25, 0.3) is 5.56 Å². The van der Waals surface area contributed by atoms with Gasteiger partial charge in [-0.05, 0) is 81.7 Å². The topological polar surface area (TPSA) is 104 Å². The summed E-state index contributed by atoms with van der Waals surface area (Å²) >= 11 is 0. The van der Waals surface area contributed by atoms with Gasteiger partial charge in [0.15, 0.2) is 9.84 Å². The van der Waals surface area contributed by atoms with Gasteiger partial charge in [-0.3, -0.25) is 9.59 Å². The minimum absolute atomic E-state index is 0.0426. The van der Waals surface area contributed by atoms with Gasteiger partial charge < -0.3 is 19.4 Å². The fourth-order valence-electron chi connectivity index (χ4n) is 5.43. The molecule has 2 aromatic carbocycles. The Labute approximate surface area is 248 Å². The Morgan fingerprint density at radius 2 is 1.67 bits per heavy atom. The van der Waals surface area contributed by atoms with Crippen molar-refractivity contribution in [2.75, 3.05) is 5.75 Å². The number of hydrogen-bond acceptors (Lipinski definition) is 6. The van der Waals surface area contributed by atoms with Crippen LogP contribution in [0.25, 0.3) is 11.1 Å². The zero-order chi connectivity index (χ0) is 30.2. The van der Waals surface area contributed by atoms with E-state index in [0.717, 1.165) is 49.7 Å². The van der Waals surface area contributed by atoms with E-state index in [-0.39, 0.29) is 39.7 Å². The lowest BCUT2D eigenvalue weighted by Crippen LogP contribution is -2.42. The lowest BCUT2D eigenvalue weighted by Gasteiger charge is -2.31. The lowest BCUT2D eigenvalue weighted by atomic mass is 9.92. The molecule has 0 bridgehead atoms. The van der Waals surface area contributed by atoms with Crippen LogP contribution in [0.15, 0.2) is 58.4 Å². The minimum atomic E-state index is -3.51. The highest BCUT2D eigenvalue weighted by Crippen LogP contribution is 2.45. The average Bonchev–Trinajstić information content (AvgIpc) is 3.72. The Balaban J connectivity index is 1.48. The van der Waals surface area contributed by atoms with Crippen molar-refractivity contribution >= 4 is 15.7 Å². The Morgan fingerprint density at radius 1 is 1.00 bits per heavy atom. The van der Waals surface area contributed by atoms with Crippen molar-refractivity contribution in [1.29, 1.82) is 0 Å². The van der Waals surface area contributed by atoms with Crippen molar-refractivity contribution < 1.29 is 22.7 Å². The monoisotopic (exact) mass is 592 g/mol. The highest BCUT2D eigenvalue weighted by atomic mass is 32.2. The van der Waals surface area contributed by atoms with Crippen LogP contribution in [-0.2, 0) is 21.7 Å². The minimum Gasteiger partial charge on any atom is -0.490 e. The van der Waals surface area contributed by atoms with Crippen LogP contribution >= 0.6 is 0 Å². The van der Waals surface area contributed by atoms with Crippen molar-refractivity contribution in [2.24, 2.45) is 12.5 Å². The van der Waals surface area contributed by atoms with Crippen LogP contribution in [0.2, 0.25) is 0 Å². The predicted molar refractivity (Wildman–Crippen MR) is 163 cm³/mol. The largest absolute Gasteiger partial charge is 0.490 e. The first-order valence-electron chi connectivity index (χ1n) is 14.7. The van der Waals surface area contributed by atoms with Gasteiger partial charge in [0.05, 0.1) is 16.8 Å². The van der Waals surface area contributed by atoms with Crippen molar-refractivity contribution in [1.82, 2.24) is 9.88 Å². The van der Waals surface area contributed by atoms with Gasteiger partial charge in [0, 0.05) is 41.9 Å². The number of nitrogens with zero attached hydrogens (tertiary/aromatic N) is 1. The van der Waals surface area contributed by atoms with E-state index in [2.05, 4.69) is 5.32 Å². The van der Waals surface area contributed by atoms with Crippen LogP contribution in [0.4, 0.5) is 0 Å².